The normalized spacial score (nSPS) is 23.9. The van der Waals surface area contributed by atoms with Crippen molar-refractivity contribution in [2.75, 3.05) is 26.7 Å². The smallest absolute Gasteiger partial charge is 0.404 e. The molecule has 0 radical (unpaired) electrons. The van der Waals surface area contributed by atoms with E-state index in [1.165, 1.54) is 12.5 Å². The number of nitrogens with one attached hydrogen (secondary N) is 1. The molecule has 2 heterocycles. The summed E-state index contributed by atoms with van der Waals surface area (Å²) in [6.07, 6.45) is 3.37. The summed E-state index contributed by atoms with van der Waals surface area (Å²) in [4.78, 5) is 12.7. The molecule has 2 unspecified atom stereocenters. The van der Waals surface area contributed by atoms with E-state index in [2.05, 4.69) is 17.1 Å². The third-order valence-corrected chi connectivity index (χ3v) is 3.92. The predicted octanol–water partition coefficient (Wildman–Crippen LogP) is 2.57. The van der Waals surface area contributed by atoms with Crippen molar-refractivity contribution in [3.63, 3.8) is 0 Å². The van der Waals surface area contributed by atoms with Crippen molar-refractivity contribution in [1.82, 2.24) is 10.2 Å². The molecule has 1 saturated heterocycles. The fourth-order valence-corrected chi connectivity index (χ4v) is 3.18. The Kier molecular flexibility index (Phi) is 5.14. The van der Waals surface area contributed by atoms with Crippen molar-refractivity contribution in [2.45, 2.75) is 32.2 Å². The van der Waals surface area contributed by atoms with Crippen LogP contribution >= 0.6 is 0 Å². The molecule has 112 valence electrons. The molecule has 1 aromatic rings. The molecule has 0 aliphatic carbocycles. The van der Waals surface area contributed by atoms with Crippen molar-refractivity contribution in [3.05, 3.63) is 28.0 Å². The Balaban J connectivity index is 2.24. The Morgan fingerprint density at radius 3 is 2.95 bits per heavy atom. The van der Waals surface area contributed by atoms with Gasteiger partial charge in [0.15, 0.2) is 0 Å². The fraction of sp³-hybridized carbons (Fsp3) is 0.714. The molecule has 1 N–H and O–H groups in total. The summed E-state index contributed by atoms with van der Waals surface area (Å²) in [5, 5.41) is 14.0. The van der Waals surface area contributed by atoms with Crippen LogP contribution in [0.2, 0.25) is 0 Å². The molecule has 0 saturated carbocycles. The number of piperidine rings is 1. The van der Waals surface area contributed by atoms with E-state index in [0.717, 1.165) is 38.2 Å². The fourth-order valence-electron chi connectivity index (χ4n) is 3.18. The first kappa shape index (κ1) is 15.0. The second-order valence-corrected chi connectivity index (χ2v) is 5.37. The van der Waals surface area contributed by atoms with Crippen LogP contribution in [-0.4, -0.2) is 36.5 Å². The van der Waals surface area contributed by atoms with Crippen LogP contribution in [0, 0.1) is 16.0 Å². The zero-order valence-electron chi connectivity index (χ0n) is 12.2. The highest BCUT2D eigenvalue weighted by Crippen LogP contribution is 2.37. The number of likely N-dealkylation sites (tertiary alicyclic amines) is 1. The summed E-state index contributed by atoms with van der Waals surface area (Å²) < 4.78 is 5.47. The second-order valence-electron chi connectivity index (χ2n) is 5.37. The minimum Gasteiger partial charge on any atom is -0.404 e. The average molecular weight is 281 g/mol. The number of hydrogen-bond acceptors (Lipinski definition) is 5. The largest absolute Gasteiger partial charge is 0.433 e. The van der Waals surface area contributed by atoms with Crippen LogP contribution in [0.5, 0.6) is 0 Å². The highest BCUT2D eigenvalue weighted by molar-refractivity contribution is 5.21. The minimum absolute atomic E-state index is 0.143. The quantitative estimate of drug-likeness (QED) is 0.641. The van der Waals surface area contributed by atoms with Gasteiger partial charge < -0.3 is 9.73 Å². The molecule has 1 aromatic heterocycles. The molecule has 0 spiro atoms. The van der Waals surface area contributed by atoms with E-state index in [4.69, 9.17) is 4.42 Å². The lowest BCUT2D eigenvalue weighted by atomic mass is 9.87. The zero-order valence-corrected chi connectivity index (χ0v) is 12.2. The van der Waals surface area contributed by atoms with Gasteiger partial charge in [-0.25, -0.2) is 0 Å². The van der Waals surface area contributed by atoms with Gasteiger partial charge in [-0.2, -0.15) is 0 Å². The molecule has 1 fully saturated rings. The molecule has 1 aliphatic heterocycles. The summed E-state index contributed by atoms with van der Waals surface area (Å²) in [7, 11) is 1.94. The van der Waals surface area contributed by atoms with Gasteiger partial charge in [0, 0.05) is 0 Å². The van der Waals surface area contributed by atoms with Crippen LogP contribution in [0.3, 0.4) is 0 Å². The maximum Gasteiger partial charge on any atom is 0.433 e. The monoisotopic (exact) mass is 281 g/mol. The van der Waals surface area contributed by atoms with Gasteiger partial charge in [-0.3, -0.25) is 15.0 Å². The van der Waals surface area contributed by atoms with E-state index in [9.17, 15) is 10.1 Å². The molecule has 2 atom stereocenters. The van der Waals surface area contributed by atoms with Crippen LogP contribution in [0.25, 0.3) is 0 Å². The van der Waals surface area contributed by atoms with Crippen LogP contribution in [0.4, 0.5) is 5.88 Å². The van der Waals surface area contributed by atoms with Gasteiger partial charge in [-0.1, -0.05) is 6.92 Å². The zero-order chi connectivity index (χ0) is 14.5. The third kappa shape index (κ3) is 3.19. The lowest BCUT2D eigenvalue weighted by molar-refractivity contribution is -0.402. The van der Waals surface area contributed by atoms with Crippen molar-refractivity contribution < 1.29 is 9.34 Å². The van der Waals surface area contributed by atoms with Gasteiger partial charge in [0.1, 0.15) is 10.7 Å². The van der Waals surface area contributed by atoms with Crippen molar-refractivity contribution in [1.29, 1.82) is 0 Å². The van der Waals surface area contributed by atoms with Crippen molar-refractivity contribution >= 4 is 5.88 Å². The Bertz CT molecular complexity index is 429. The van der Waals surface area contributed by atoms with Crippen LogP contribution in [0.1, 0.15) is 38.0 Å². The molecule has 6 nitrogen and oxygen atoms in total. The highest BCUT2D eigenvalue weighted by atomic mass is 16.6. The highest BCUT2D eigenvalue weighted by Gasteiger charge is 2.34. The van der Waals surface area contributed by atoms with Crippen LogP contribution in [0.15, 0.2) is 16.5 Å². The van der Waals surface area contributed by atoms with Gasteiger partial charge in [-0.05, 0) is 57.9 Å². The summed E-state index contributed by atoms with van der Waals surface area (Å²) >= 11 is 0. The SMILES string of the molecule is CCCN1CCCC(CNC)C1c1ccc([N+](=O)[O-])o1. The maximum atomic E-state index is 10.8. The van der Waals surface area contributed by atoms with E-state index in [-0.39, 0.29) is 11.9 Å². The summed E-state index contributed by atoms with van der Waals surface area (Å²) in [6.45, 7) is 5.09. The molecular weight excluding hydrogens is 258 g/mol. The van der Waals surface area contributed by atoms with Crippen molar-refractivity contribution in [3.8, 4) is 0 Å². The Labute approximate surface area is 119 Å². The predicted molar refractivity (Wildman–Crippen MR) is 76.6 cm³/mol. The first-order valence-electron chi connectivity index (χ1n) is 7.30. The number of nitro groups is 1. The summed E-state index contributed by atoms with van der Waals surface area (Å²) in [5.41, 5.74) is 0. The lowest BCUT2D eigenvalue weighted by Gasteiger charge is -2.40. The number of rotatable bonds is 6. The second kappa shape index (κ2) is 6.85. The Morgan fingerprint density at radius 2 is 2.35 bits per heavy atom. The molecular formula is C14H23N3O3. The van der Waals surface area contributed by atoms with E-state index in [1.54, 1.807) is 6.07 Å². The molecule has 2 rings (SSSR count). The van der Waals surface area contributed by atoms with Gasteiger partial charge >= 0.3 is 5.88 Å². The number of hydrogen-bond donors (Lipinski definition) is 1. The van der Waals surface area contributed by atoms with Gasteiger partial charge in [0.25, 0.3) is 0 Å². The molecule has 0 bridgehead atoms. The summed E-state index contributed by atoms with van der Waals surface area (Å²) in [6, 6.07) is 3.37. The molecule has 0 aromatic carbocycles. The summed E-state index contributed by atoms with van der Waals surface area (Å²) in [5.74, 6) is 1.00. The minimum atomic E-state index is -0.469. The van der Waals surface area contributed by atoms with Crippen molar-refractivity contribution in [2.24, 2.45) is 5.92 Å². The first-order chi connectivity index (χ1) is 9.67. The standard InChI is InChI=1S/C14H23N3O3/c1-3-8-16-9-4-5-11(10-15-2)14(16)12-6-7-13(20-12)17(18)19/h6-7,11,14-15H,3-5,8-10H2,1-2H3. The average Bonchev–Trinajstić information content (AvgIpc) is 2.89. The van der Waals surface area contributed by atoms with Crippen LogP contribution in [-0.2, 0) is 0 Å². The third-order valence-electron chi connectivity index (χ3n) is 3.92. The number of nitrogens with zero attached hydrogens (tertiary/aromatic N) is 2. The van der Waals surface area contributed by atoms with Gasteiger partial charge in [0.05, 0.1) is 12.1 Å². The maximum absolute atomic E-state index is 10.8. The van der Waals surface area contributed by atoms with Gasteiger partial charge in [-0.15, -0.1) is 0 Å². The Hall–Kier alpha value is -1.40. The van der Waals surface area contributed by atoms with E-state index in [1.807, 2.05) is 7.05 Å². The van der Waals surface area contributed by atoms with E-state index in [0.29, 0.717) is 5.92 Å². The van der Waals surface area contributed by atoms with Gasteiger partial charge in [0.2, 0.25) is 0 Å². The number of furan rings is 1. The molecule has 1 aliphatic rings. The van der Waals surface area contributed by atoms with Crippen LogP contribution < -0.4 is 5.32 Å². The molecule has 6 heteroatoms. The first-order valence-corrected chi connectivity index (χ1v) is 7.30. The Morgan fingerprint density at radius 1 is 1.55 bits per heavy atom. The molecule has 0 amide bonds. The molecule has 20 heavy (non-hydrogen) atoms. The van der Waals surface area contributed by atoms with E-state index >= 15 is 0 Å². The van der Waals surface area contributed by atoms with E-state index < -0.39 is 4.92 Å². The topological polar surface area (TPSA) is 71.5 Å². The lowest BCUT2D eigenvalue weighted by Crippen LogP contribution is -2.42.